The molecule has 6 heteroatoms. The fourth-order valence-electron chi connectivity index (χ4n) is 3.62. The lowest BCUT2D eigenvalue weighted by atomic mass is 9.96. The Hall–Kier alpha value is -2.18. The quantitative estimate of drug-likeness (QED) is 0.458. The van der Waals surface area contributed by atoms with E-state index in [1.807, 2.05) is 24.3 Å². The summed E-state index contributed by atoms with van der Waals surface area (Å²) >= 11 is 7.09. The van der Waals surface area contributed by atoms with Crippen LogP contribution in [0.1, 0.15) is 35.4 Å². The van der Waals surface area contributed by atoms with Crippen LogP contribution in [0.2, 0.25) is 0 Å². The van der Waals surface area contributed by atoms with E-state index in [9.17, 15) is 0 Å². The van der Waals surface area contributed by atoms with Gasteiger partial charge < -0.3 is 4.74 Å². The van der Waals surface area contributed by atoms with E-state index < -0.39 is 0 Å². The third kappa shape index (κ3) is 3.07. The van der Waals surface area contributed by atoms with Gasteiger partial charge in [-0.25, -0.2) is 5.01 Å². The summed E-state index contributed by atoms with van der Waals surface area (Å²) in [5.41, 5.74) is 4.41. The van der Waals surface area contributed by atoms with Crippen LogP contribution < -0.4 is 4.74 Å². The summed E-state index contributed by atoms with van der Waals surface area (Å²) in [5, 5.41) is 7.06. The molecule has 0 aliphatic carbocycles. The zero-order valence-electron chi connectivity index (χ0n) is 14.2. The van der Waals surface area contributed by atoms with Crippen molar-refractivity contribution in [1.29, 1.82) is 0 Å². The van der Waals surface area contributed by atoms with E-state index in [1.54, 1.807) is 12.4 Å². The molecule has 3 aromatic rings. The average Bonchev–Trinajstić information content (AvgIpc) is 3.14. The van der Waals surface area contributed by atoms with Gasteiger partial charge in [0.1, 0.15) is 5.75 Å². The Balaban J connectivity index is 1.60. The van der Waals surface area contributed by atoms with Crippen LogP contribution in [0, 0.1) is 0 Å². The Morgan fingerprint density at radius 3 is 2.44 bits per heavy atom. The largest absolute Gasteiger partial charge is 0.464 e. The van der Waals surface area contributed by atoms with Crippen molar-refractivity contribution in [3.8, 4) is 5.75 Å². The molecular weight excluding hydrogens is 470 g/mol. The van der Waals surface area contributed by atoms with Crippen molar-refractivity contribution in [2.45, 2.75) is 18.7 Å². The van der Waals surface area contributed by atoms with Crippen LogP contribution in [-0.4, -0.2) is 15.7 Å². The van der Waals surface area contributed by atoms with Crippen molar-refractivity contribution in [2.75, 3.05) is 0 Å². The van der Waals surface area contributed by atoms with Crippen LogP contribution in [0.4, 0.5) is 0 Å². The lowest BCUT2D eigenvalue weighted by Crippen LogP contribution is -2.33. The second kappa shape index (κ2) is 6.77. The van der Waals surface area contributed by atoms with Crippen molar-refractivity contribution in [2.24, 2.45) is 5.10 Å². The van der Waals surface area contributed by atoms with Crippen molar-refractivity contribution >= 4 is 37.6 Å². The molecule has 3 heterocycles. The van der Waals surface area contributed by atoms with Crippen LogP contribution in [0.25, 0.3) is 0 Å². The molecular formula is C21H15Br2N3O. The third-order valence-electron chi connectivity index (χ3n) is 4.92. The maximum atomic E-state index is 6.35. The molecule has 0 unspecified atom stereocenters. The summed E-state index contributed by atoms with van der Waals surface area (Å²) in [7, 11) is 0. The number of nitrogens with zero attached hydrogens (tertiary/aromatic N) is 3. The number of halogens is 2. The molecule has 0 spiro atoms. The molecule has 0 bridgehead atoms. The Morgan fingerprint density at radius 2 is 1.67 bits per heavy atom. The van der Waals surface area contributed by atoms with Gasteiger partial charge in [0.15, 0.2) is 0 Å². The van der Waals surface area contributed by atoms with Crippen molar-refractivity contribution in [3.05, 3.63) is 92.6 Å². The minimum absolute atomic E-state index is 0.142. The highest BCUT2D eigenvalue weighted by molar-refractivity contribution is 9.10. The minimum Gasteiger partial charge on any atom is -0.464 e. The Morgan fingerprint density at radius 1 is 0.926 bits per heavy atom. The highest BCUT2D eigenvalue weighted by atomic mass is 79.9. The second-order valence-electron chi connectivity index (χ2n) is 6.59. The van der Waals surface area contributed by atoms with Crippen LogP contribution in [0.3, 0.4) is 0 Å². The molecule has 0 fully saturated rings. The zero-order valence-corrected chi connectivity index (χ0v) is 17.4. The molecule has 0 amide bonds. The summed E-state index contributed by atoms with van der Waals surface area (Å²) in [6.07, 6.45) is 4.16. The Kier molecular flexibility index (Phi) is 4.25. The SMILES string of the molecule is Brc1ccc(C2=NN3[C@H](C2)c2cc(Br)ccc2O[C@@H]3c2ccncc2)cc1. The van der Waals surface area contributed by atoms with Crippen LogP contribution >= 0.6 is 31.9 Å². The summed E-state index contributed by atoms with van der Waals surface area (Å²) in [4.78, 5) is 4.13. The number of aromatic nitrogens is 1. The van der Waals surface area contributed by atoms with E-state index >= 15 is 0 Å². The molecule has 2 atom stereocenters. The maximum absolute atomic E-state index is 6.35. The van der Waals surface area contributed by atoms with Gasteiger partial charge in [-0.1, -0.05) is 44.0 Å². The molecule has 0 radical (unpaired) electrons. The van der Waals surface area contributed by atoms with Crippen LogP contribution in [-0.2, 0) is 0 Å². The van der Waals surface area contributed by atoms with Crippen molar-refractivity contribution in [3.63, 3.8) is 0 Å². The van der Waals surface area contributed by atoms with E-state index in [-0.39, 0.29) is 12.3 Å². The summed E-state index contributed by atoms with van der Waals surface area (Å²) in [6.45, 7) is 0. The number of fused-ring (bicyclic) bond motifs is 3. The third-order valence-corrected chi connectivity index (χ3v) is 5.94. The van der Waals surface area contributed by atoms with E-state index in [0.717, 1.165) is 43.5 Å². The average molecular weight is 485 g/mol. The fraction of sp³-hybridized carbons (Fsp3) is 0.143. The molecule has 2 aromatic carbocycles. The van der Waals surface area contributed by atoms with E-state index in [4.69, 9.17) is 9.84 Å². The molecule has 0 N–H and O–H groups in total. The standard InChI is InChI=1S/C21H15Br2N3O/c22-15-3-1-13(2-4-15)18-12-19-17-11-16(23)5-6-20(17)27-21(26(19)25-18)14-7-9-24-10-8-14/h1-11,19,21H,12H2/t19-,21-/m1/s1. The lowest BCUT2D eigenvalue weighted by Gasteiger charge is -2.38. The van der Waals surface area contributed by atoms with Gasteiger partial charge in [0.05, 0.1) is 11.8 Å². The Labute approximate surface area is 174 Å². The first-order valence-corrected chi connectivity index (χ1v) is 10.3. The van der Waals surface area contributed by atoms with Gasteiger partial charge in [-0.05, 0) is 48.0 Å². The summed E-state index contributed by atoms with van der Waals surface area (Å²) < 4.78 is 8.46. The number of hydrogen-bond donors (Lipinski definition) is 0. The maximum Gasteiger partial charge on any atom is 0.213 e. The monoisotopic (exact) mass is 483 g/mol. The predicted molar refractivity (Wildman–Crippen MR) is 112 cm³/mol. The Bertz CT molecular complexity index is 1020. The first-order chi connectivity index (χ1) is 13.2. The van der Waals surface area contributed by atoms with Gasteiger partial charge in [-0.15, -0.1) is 0 Å². The van der Waals surface area contributed by atoms with Crippen molar-refractivity contribution in [1.82, 2.24) is 9.99 Å². The van der Waals surface area contributed by atoms with Gasteiger partial charge in [0, 0.05) is 38.9 Å². The predicted octanol–water partition coefficient (Wildman–Crippen LogP) is 5.85. The highest BCUT2D eigenvalue weighted by Crippen LogP contribution is 2.48. The molecule has 5 rings (SSSR count). The number of benzene rings is 2. The summed E-state index contributed by atoms with van der Waals surface area (Å²) in [6, 6.07) is 18.6. The molecule has 0 saturated carbocycles. The normalized spacial score (nSPS) is 20.5. The smallest absolute Gasteiger partial charge is 0.213 e. The van der Waals surface area contributed by atoms with Crippen LogP contribution in [0.5, 0.6) is 5.75 Å². The number of rotatable bonds is 2. The number of ether oxygens (including phenoxy) is 1. The molecule has 4 nitrogen and oxygen atoms in total. The molecule has 27 heavy (non-hydrogen) atoms. The topological polar surface area (TPSA) is 37.7 Å². The molecule has 1 aromatic heterocycles. The van der Waals surface area contributed by atoms with E-state index in [1.165, 1.54) is 0 Å². The molecule has 2 aliphatic heterocycles. The summed E-state index contributed by atoms with van der Waals surface area (Å²) in [5.74, 6) is 0.911. The van der Waals surface area contributed by atoms with E-state index in [2.05, 4.69) is 72.2 Å². The van der Waals surface area contributed by atoms with Crippen molar-refractivity contribution < 1.29 is 4.74 Å². The zero-order chi connectivity index (χ0) is 18.4. The molecule has 0 saturated heterocycles. The van der Waals surface area contributed by atoms with Gasteiger partial charge >= 0.3 is 0 Å². The second-order valence-corrected chi connectivity index (χ2v) is 8.42. The first-order valence-electron chi connectivity index (χ1n) is 8.67. The number of hydrogen-bond acceptors (Lipinski definition) is 4. The minimum atomic E-state index is -0.264. The fourth-order valence-corrected chi connectivity index (χ4v) is 4.27. The lowest BCUT2D eigenvalue weighted by molar-refractivity contribution is -0.0191. The van der Waals surface area contributed by atoms with Gasteiger partial charge in [0.2, 0.25) is 6.23 Å². The van der Waals surface area contributed by atoms with Crippen LogP contribution in [0.15, 0.2) is 81.0 Å². The molecule has 2 aliphatic rings. The number of hydrazone groups is 1. The number of pyridine rings is 1. The van der Waals surface area contributed by atoms with Gasteiger partial charge in [-0.3, -0.25) is 4.98 Å². The van der Waals surface area contributed by atoms with Gasteiger partial charge in [-0.2, -0.15) is 5.10 Å². The van der Waals surface area contributed by atoms with Gasteiger partial charge in [0.25, 0.3) is 0 Å². The highest BCUT2D eigenvalue weighted by Gasteiger charge is 2.41. The molecule has 134 valence electrons. The first kappa shape index (κ1) is 17.0. The van der Waals surface area contributed by atoms with E-state index in [0.29, 0.717) is 0 Å².